The van der Waals surface area contributed by atoms with Crippen LogP contribution in [0.5, 0.6) is 0 Å². The van der Waals surface area contributed by atoms with Crippen LogP contribution in [0, 0.1) is 11.8 Å². The van der Waals surface area contributed by atoms with Gasteiger partial charge in [0.25, 0.3) is 0 Å². The highest BCUT2D eigenvalue weighted by atomic mass is 16.5. The lowest BCUT2D eigenvalue weighted by molar-refractivity contribution is -0.138. The SMILES string of the molecule is CC(C)COC(C)c1noc(CN(C)C(=O)C2CCCCC2(C)N)n1. The minimum atomic E-state index is -0.442. The van der Waals surface area contributed by atoms with Gasteiger partial charge in [-0.2, -0.15) is 4.98 Å². The lowest BCUT2D eigenvalue weighted by atomic mass is 9.74. The molecule has 1 aromatic heterocycles. The van der Waals surface area contributed by atoms with E-state index in [0.29, 0.717) is 24.2 Å². The van der Waals surface area contributed by atoms with E-state index >= 15 is 0 Å². The fraction of sp³-hybridized carbons (Fsp3) is 0.833. The predicted octanol–water partition coefficient (Wildman–Crippen LogP) is 2.67. The van der Waals surface area contributed by atoms with Gasteiger partial charge in [0.1, 0.15) is 6.10 Å². The number of carbonyl (C=O) groups is 1. The van der Waals surface area contributed by atoms with Crippen molar-refractivity contribution in [3.63, 3.8) is 0 Å². The van der Waals surface area contributed by atoms with E-state index in [4.69, 9.17) is 15.0 Å². The summed E-state index contributed by atoms with van der Waals surface area (Å²) >= 11 is 0. The number of hydrogen-bond donors (Lipinski definition) is 1. The summed E-state index contributed by atoms with van der Waals surface area (Å²) in [4.78, 5) is 18.8. The lowest BCUT2D eigenvalue weighted by Gasteiger charge is -2.38. The fourth-order valence-electron chi connectivity index (χ4n) is 3.22. The second kappa shape index (κ2) is 8.27. The Hall–Kier alpha value is -1.47. The molecule has 7 heteroatoms. The van der Waals surface area contributed by atoms with Crippen LogP contribution < -0.4 is 5.73 Å². The van der Waals surface area contributed by atoms with Crippen LogP contribution in [-0.2, 0) is 16.1 Å². The molecule has 2 rings (SSSR count). The van der Waals surface area contributed by atoms with Gasteiger partial charge in [0.15, 0.2) is 5.82 Å². The zero-order valence-corrected chi connectivity index (χ0v) is 16.1. The van der Waals surface area contributed by atoms with Crippen molar-refractivity contribution in [1.29, 1.82) is 0 Å². The van der Waals surface area contributed by atoms with Gasteiger partial charge in [-0.3, -0.25) is 4.79 Å². The normalized spacial score (nSPS) is 25.2. The lowest BCUT2D eigenvalue weighted by Crippen LogP contribution is -2.53. The summed E-state index contributed by atoms with van der Waals surface area (Å²) in [6.45, 7) is 8.97. The summed E-state index contributed by atoms with van der Waals surface area (Å²) < 4.78 is 11.0. The molecule has 0 radical (unpaired) electrons. The van der Waals surface area contributed by atoms with E-state index in [2.05, 4.69) is 24.0 Å². The third-order valence-corrected chi connectivity index (χ3v) is 4.83. The molecule has 1 amide bonds. The molecule has 0 spiro atoms. The third kappa shape index (κ3) is 5.25. The Morgan fingerprint density at radius 2 is 2.16 bits per heavy atom. The number of carbonyl (C=O) groups excluding carboxylic acids is 1. The average Bonchev–Trinajstić information content (AvgIpc) is 3.00. The zero-order chi connectivity index (χ0) is 18.6. The van der Waals surface area contributed by atoms with Crippen LogP contribution in [-0.4, -0.2) is 40.1 Å². The highest BCUT2D eigenvalue weighted by Crippen LogP contribution is 2.33. The van der Waals surface area contributed by atoms with E-state index in [9.17, 15) is 4.79 Å². The number of ether oxygens (including phenoxy) is 1. The summed E-state index contributed by atoms with van der Waals surface area (Å²) in [5.74, 6) is 1.27. The van der Waals surface area contributed by atoms with Crippen molar-refractivity contribution in [3.05, 3.63) is 11.7 Å². The molecule has 2 N–H and O–H groups in total. The van der Waals surface area contributed by atoms with Gasteiger partial charge in [-0.25, -0.2) is 0 Å². The molecule has 0 aromatic carbocycles. The Kier molecular flexibility index (Phi) is 6.57. The highest BCUT2D eigenvalue weighted by Gasteiger charge is 2.39. The van der Waals surface area contributed by atoms with Crippen LogP contribution in [0.4, 0.5) is 0 Å². The minimum absolute atomic E-state index is 0.0496. The van der Waals surface area contributed by atoms with E-state index in [0.717, 1.165) is 25.7 Å². The maximum Gasteiger partial charge on any atom is 0.246 e. The van der Waals surface area contributed by atoms with Crippen molar-refractivity contribution in [2.75, 3.05) is 13.7 Å². The first-order valence-corrected chi connectivity index (χ1v) is 9.18. The average molecular weight is 352 g/mol. The molecule has 0 bridgehead atoms. The molecule has 1 aliphatic carbocycles. The number of amides is 1. The molecule has 0 saturated heterocycles. The molecular formula is C18H32N4O3. The van der Waals surface area contributed by atoms with Crippen LogP contribution in [0.2, 0.25) is 0 Å². The number of aromatic nitrogens is 2. The van der Waals surface area contributed by atoms with Gasteiger partial charge in [0.05, 0.1) is 12.5 Å². The molecule has 1 aromatic rings. The van der Waals surface area contributed by atoms with Crippen molar-refractivity contribution in [3.8, 4) is 0 Å². The number of nitrogens with two attached hydrogens (primary N) is 1. The standard InChI is InChI=1S/C18H32N4O3/c1-12(2)11-24-13(3)16-20-15(25-21-16)10-22(5)17(23)14-8-6-7-9-18(14,4)19/h12-14H,6-11,19H2,1-5H3. The topological polar surface area (TPSA) is 94.5 Å². The fourth-order valence-corrected chi connectivity index (χ4v) is 3.22. The van der Waals surface area contributed by atoms with Crippen molar-refractivity contribution < 1.29 is 14.1 Å². The van der Waals surface area contributed by atoms with Crippen molar-refractivity contribution in [2.45, 2.75) is 71.6 Å². The molecule has 7 nitrogen and oxygen atoms in total. The van der Waals surface area contributed by atoms with Crippen molar-refractivity contribution in [1.82, 2.24) is 15.0 Å². The first kappa shape index (κ1) is 19.8. The van der Waals surface area contributed by atoms with Gasteiger partial charge in [0.2, 0.25) is 11.8 Å². The van der Waals surface area contributed by atoms with E-state index in [-0.39, 0.29) is 24.5 Å². The van der Waals surface area contributed by atoms with Crippen LogP contribution in [0.15, 0.2) is 4.52 Å². The van der Waals surface area contributed by atoms with Gasteiger partial charge in [-0.15, -0.1) is 0 Å². The van der Waals surface area contributed by atoms with E-state index in [1.807, 2.05) is 13.8 Å². The number of rotatable bonds is 7. The van der Waals surface area contributed by atoms with Crippen LogP contribution in [0.1, 0.15) is 71.2 Å². The molecule has 0 aliphatic heterocycles. The summed E-state index contributed by atoms with van der Waals surface area (Å²) in [5.41, 5.74) is 5.90. The monoisotopic (exact) mass is 352 g/mol. The molecular weight excluding hydrogens is 320 g/mol. The van der Waals surface area contributed by atoms with E-state index in [1.165, 1.54) is 0 Å². The van der Waals surface area contributed by atoms with E-state index < -0.39 is 5.54 Å². The molecule has 142 valence electrons. The quantitative estimate of drug-likeness (QED) is 0.811. The second-order valence-electron chi connectivity index (χ2n) is 7.91. The Balaban J connectivity index is 1.94. The first-order chi connectivity index (χ1) is 11.7. The highest BCUT2D eigenvalue weighted by molar-refractivity contribution is 5.80. The molecule has 1 fully saturated rings. The molecule has 3 unspecified atom stereocenters. The van der Waals surface area contributed by atoms with Crippen LogP contribution in [0.3, 0.4) is 0 Å². The molecule has 3 atom stereocenters. The number of nitrogens with zero attached hydrogens (tertiary/aromatic N) is 3. The zero-order valence-electron chi connectivity index (χ0n) is 16.1. The van der Waals surface area contributed by atoms with Gasteiger partial charge in [-0.05, 0) is 32.6 Å². The van der Waals surface area contributed by atoms with Gasteiger partial charge in [-0.1, -0.05) is 31.8 Å². The largest absolute Gasteiger partial charge is 0.370 e. The van der Waals surface area contributed by atoms with Gasteiger partial charge in [0, 0.05) is 19.2 Å². The van der Waals surface area contributed by atoms with Gasteiger partial charge < -0.3 is 19.9 Å². The second-order valence-corrected chi connectivity index (χ2v) is 7.91. The molecule has 1 aliphatic rings. The van der Waals surface area contributed by atoms with Crippen LogP contribution >= 0.6 is 0 Å². The summed E-state index contributed by atoms with van der Waals surface area (Å²) in [6.07, 6.45) is 3.62. The Morgan fingerprint density at radius 3 is 2.80 bits per heavy atom. The van der Waals surface area contributed by atoms with Crippen LogP contribution in [0.25, 0.3) is 0 Å². The molecule has 1 heterocycles. The first-order valence-electron chi connectivity index (χ1n) is 9.18. The Labute approximate surface area is 150 Å². The predicted molar refractivity (Wildman–Crippen MR) is 94.5 cm³/mol. The summed E-state index contributed by atoms with van der Waals surface area (Å²) in [7, 11) is 1.76. The molecule has 25 heavy (non-hydrogen) atoms. The Bertz CT molecular complexity index is 570. The van der Waals surface area contributed by atoms with Crippen molar-refractivity contribution >= 4 is 5.91 Å². The summed E-state index contributed by atoms with van der Waals surface area (Å²) in [5, 5.41) is 3.97. The maximum absolute atomic E-state index is 12.8. The Morgan fingerprint density at radius 1 is 1.44 bits per heavy atom. The summed E-state index contributed by atoms with van der Waals surface area (Å²) in [6, 6.07) is 0. The van der Waals surface area contributed by atoms with E-state index in [1.54, 1.807) is 11.9 Å². The smallest absolute Gasteiger partial charge is 0.246 e. The molecule has 1 saturated carbocycles. The number of hydrogen-bond acceptors (Lipinski definition) is 6. The third-order valence-electron chi connectivity index (χ3n) is 4.83. The van der Waals surface area contributed by atoms with Crippen molar-refractivity contribution in [2.24, 2.45) is 17.6 Å². The minimum Gasteiger partial charge on any atom is -0.370 e. The van der Waals surface area contributed by atoms with Gasteiger partial charge >= 0.3 is 0 Å². The maximum atomic E-state index is 12.8.